The summed E-state index contributed by atoms with van der Waals surface area (Å²) in [4.78, 5) is 10.3. The van der Waals surface area contributed by atoms with Crippen molar-refractivity contribution in [2.75, 3.05) is 5.73 Å². The third-order valence-corrected chi connectivity index (χ3v) is 0.828. The number of hydrogen-bond donors (Lipinski definition) is 2. The molecule has 0 fully saturated rings. The van der Waals surface area contributed by atoms with Gasteiger partial charge in [-0.2, -0.15) is 9.78 Å². The number of carbonyl (C=O) groups is 1. The summed E-state index contributed by atoms with van der Waals surface area (Å²) >= 11 is 0. The standard InChI is InChI=1S/C4H6N4O/c5-3-1-7-8(2-3)4(6)9/h1-2H,5H2,(H2,6,9). The fourth-order valence-electron chi connectivity index (χ4n) is 0.457. The molecule has 0 spiro atoms. The Balaban J connectivity index is 2.98. The number of nitrogens with zero attached hydrogens (tertiary/aromatic N) is 2. The maximum atomic E-state index is 10.3. The van der Waals surface area contributed by atoms with Crippen molar-refractivity contribution in [1.82, 2.24) is 9.78 Å². The number of anilines is 1. The van der Waals surface area contributed by atoms with Crippen molar-refractivity contribution in [3.8, 4) is 0 Å². The van der Waals surface area contributed by atoms with Crippen LogP contribution in [0.1, 0.15) is 0 Å². The first-order valence-electron chi connectivity index (χ1n) is 2.30. The number of rotatable bonds is 0. The highest BCUT2D eigenvalue weighted by Crippen LogP contribution is 1.95. The number of nitrogen functional groups attached to an aromatic ring is 1. The van der Waals surface area contributed by atoms with Crippen molar-refractivity contribution in [1.29, 1.82) is 0 Å². The molecule has 0 bridgehead atoms. The molecule has 0 aromatic carbocycles. The van der Waals surface area contributed by atoms with Crippen molar-refractivity contribution in [3.63, 3.8) is 0 Å². The van der Waals surface area contributed by atoms with Crippen LogP contribution < -0.4 is 11.5 Å². The van der Waals surface area contributed by atoms with Gasteiger partial charge >= 0.3 is 6.03 Å². The lowest BCUT2D eigenvalue weighted by Gasteiger charge is -1.87. The summed E-state index contributed by atoms with van der Waals surface area (Å²) in [7, 11) is 0. The molecule has 0 aliphatic carbocycles. The lowest BCUT2D eigenvalue weighted by molar-refractivity contribution is 0.247. The van der Waals surface area contributed by atoms with Crippen molar-refractivity contribution < 1.29 is 4.79 Å². The van der Waals surface area contributed by atoms with Crippen LogP contribution in [0.2, 0.25) is 0 Å². The summed E-state index contributed by atoms with van der Waals surface area (Å²) in [6, 6.07) is -0.633. The number of carbonyl (C=O) groups excluding carboxylic acids is 1. The number of primary amides is 1. The molecule has 0 radical (unpaired) electrons. The van der Waals surface area contributed by atoms with Gasteiger partial charge in [0.15, 0.2) is 0 Å². The van der Waals surface area contributed by atoms with Gasteiger partial charge in [-0.3, -0.25) is 0 Å². The lowest BCUT2D eigenvalue weighted by Crippen LogP contribution is -2.19. The molecule has 0 saturated heterocycles. The Morgan fingerprint density at radius 1 is 1.78 bits per heavy atom. The maximum Gasteiger partial charge on any atom is 0.339 e. The van der Waals surface area contributed by atoms with E-state index in [2.05, 4.69) is 5.10 Å². The summed E-state index contributed by atoms with van der Waals surface area (Å²) < 4.78 is 0.968. The molecule has 1 aromatic rings. The van der Waals surface area contributed by atoms with Crippen LogP contribution in [-0.4, -0.2) is 15.8 Å². The van der Waals surface area contributed by atoms with E-state index in [-0.39, 0.29) is 0 Å². The minimum Gasteiger partial charge on any atom is -0.396 e. The molecule has 5 heteroatoms. The zero-order valence-corrected chi connectivity index (χ0v) is 4.61. The molecule has 4 N–H and O–H groups in total. The molecule has 0 unspecified atom stereocenters. The highest BCUT2D eigenvalue weighted by Gasteiger charge is 1.96. The first-order chi connectivity index (χ1) is 4.20. The molecular formula is C4H6N4O. The summed E-state index contributed by atoms with van der Waals surface area (Å²) in [5, 5.41) is 3.53. The van der Waals surface area contributed by atoms with E-state index < -0.39 is 6.03 Å². The van der Waals surface area contributed by atoms with Crippen LogP contribution in [0.15, 0.2) is 12.4 Å². The summed E-state index contributed by atoms with van der Waals surface area (Å²) in [5.41, 5.74) is 10.5. The van der Waals surface area contributed by atoms with E-state index in [1.165, 1.54) is 12.4 Å². The number of hydrogen-bond acceptors (Lipinski definition) is 3. The average molecular weight is 126 g/mol. The van der Waals surface area contributed by atoms with Crippen LogP contribution in [0.4, 0.5) is 10.5 Å². The number of nitrogens with two attached hydrogens (primary N) is 2. The Bertz CT molecular complexity index is 228. The maximum absolute atomic E-state index is 10.3. The molecule has 5 nitrogen and oxygen atoms in total. The quantitative estimate of drug-likeness (QED) is 0.486. The second-order valence-electron chi connectivity index (χ2n) is 1.56. The van der Waals surface area contributed by atoms with Gasteiger partial charge in [0, 0.05) is 0 Å². The SMILES string of the molecule is NC(=O)n1cc(N)cn1. The first kappa shape index (κ1) is 5.61. The van der Waals surface area contributed by atoms with Gasteiger partial charge in [0.25, 0.3) is 0 Å². The van der Waals surface area contributed by atoms with E-state index in [9.17, 15) is 4.79 Å². The Morgan fingerprint density at radius 3 is 2.67 bits per heavy atom. The van der Waals surface area contributed by atoms with E-state index in [0.717, 1.165) is 4.68 Å². The molecular weight excluding hydrogens is 120 g/mol. The van der Waals surface area contributed by atoms with Gasteiger partial charge in [0.1, 0.15) is 0 Å². The Labute approximate surface area is 51.2 Å². The van der Waals surface area contributed by atoms with Crippen LogP contribution in [0.3, 0.4) is 0 Å². The second kappa shape index (κ2) is 1.77. The van der Waals surface area contributed by atoms with Gasteiger partial charge in [0.05, 0.1) is 18.1 Å². The minimum atomic E-state index is -0.633. The summed E-state index contributed by atoms with van der Waals surface area (Å²) in [6.07, 6.45) is 2.70. The molecule has 48 valence electrons. The highest BCUT2D eigenvalue weighted by molar-refractivity contribution is 5.74. The smallest absolute Gasteiger partial charge is 0.339 e. The second-order valence-corrected chi connectivity index (χ2v) is 1.56. The Kier molecular flexibility index (Phi) is 1.11. The zero-order chi connectivity index (χ0) is 6.85. The molecule has 0 aliphatic rings. The van der Waals surface area contributed by atoms with Gasteiger partial charge < -0.3 is 11.5 Å². The molecule has 0 atom stereocenters. The van der Waals surface area contributed by atoms with E-state index in [0.29, 0.717) is 5.69 Å². The monoisotopic (exact) mass is 126 g/mol. The molecule has 9 heavy (non-hydrogen) atoms. The van der Waals surface area contributed by atoms with Crippen LogP contribution >= 0.6 is 0 Å². The lowest BCUT2D eigenvalue weighted by atomic mass is 10.6. The third-order valence-electron chi connectivity index (χ3n) is 0.828. The fraction of sp³-hybridized carbons (Fsp3) is 0. The highest BCUT2D eigenvalue weighted by atomic mass is 16.2. The minimum absolute atomic E-state index is 0.425. The van der Waals surface area contributed by atoms with E-state index in [4.69, 9.17) is 11.5 Å². The number of amides is 1. The van der Waals surface area contributed by atoms with Crippen LogP contribution in [0, 0.1) is 0 Å². The van der Waals surface area contributed by atoms with Gasteiger partial charge in [0.2, 0.25) is 0 Å². The Hall–Kier alpha value is -1.52. The molecule has 1 amide bonds. The van der Waals surface area contributed by atoms with Crippen LogP contribution in [0.25, 0.3) is 0 Å². The van der Waals surface area contributed by atoms with E-state index in [1.807, 2.05) is 0 Å². The Morgan fingerprint density at radius 2 is 2.44 bits per heavy atom. The van der Waals surface area contributed by atoms with Gasteiger partial charge in [-0.1, -0.05) is 0 Å². The zero-order valence-electron chi connectivity index (χ0n) is 4.61. The topological polar surface area (TPSA) is 86.9 Å². The average Bonchev–Trinajstić information content (AvgIpc) is 2.14. The van der Waals surface area contributed by atoms with E-state index in [1.54, 1.807) is 0 Å². The summed E-state index contributed by atoms with van der Waals surface area (Å²) in [5.74, 6) is 0. The molecule has 1 rings (SSSR count). The van der Waals surface area contributed by atoms with Gasteiger partial charge in [-0.05, 0) is 0 Å². The third kappa shape index (κ3) is 0.987. The van der Waals surface area contributed by atoms with Crippen molar-refractivity contribution in [2.45, 2.75) is 0 Å². The van der Waals surface area contributed by atoms with Gasteiger partial charge in [-0.15, -0.1) is 0 Å². The molecule has 0 aliphatic heterocycles. The van der Waals surface area contributed by atoms with Crippen molar-refractivity contribution in [2.24, 2.45) is 5.73 Å². The molecule has 0 saturated carbocycles. The number of aromatic nitrogens is 2. The first-order valence-corrected chi connectivity index (χ1v) is 2.30. The normalized spacial score (nSPS) is 9.33. The fourth-order valence-corrected chi connectivity index (χ4v) is 0.457. The van der Waals surface area contributed by atoms with Crippen molar-refractivity contribution in [3.05, 3.63) is 12.4 Å². The van der Waals surface area contributed by atoms with Crippen LogP contribution in [0.5, 0.6) is 0 Å². The van der Waals surface area contributed by atoms with E-state index >= 15 is 0 Å². The van der Waals surface area contributed by atoms with Crippen molar-refractivity contribution >= 4 is 11.7 Å². The van der Waals surface area contributed by atoms with Crippen LogP contribution in [-0.2, 0) is 0 Å². The molecule has 1 aromatic heterocycles. The van der Waals surface area contributed by atoms with Gasteiger partial charge in [-0.25, -0.2) is 4.79 Å². The molecule has 1 heterocycles. The summed E-state index contributed by atoms with van der Waals surface area (Å²) in [6.45, 7) is 0. The largest absolute Gasteiger partial charge is 0.396 e. The predicted octanol–water partition coefficient (Wildman–Crippen LogP) is -0.608. The predicted molar refractivity (Wildman–Crippen MR) is 31.6 cm³/mol.